The van der Waals surface area contributed by atoms with Crippen LogP contribution in [0.2, 0.25) is 0 Å². The Kier molecular flexibility index (Phi) is 22.7. The van der Waals surface area contributed by atoms with Gasteiger partial charge in [-0.2, -0.15) is 0 Å². The van der Waals surface area contributed by atoms with E-state index in [1.165, 1.54) is 218 Å². The van der Waals surface area contributed by atoms with Gasteiger partial charge in [-0.15, -0.1) is 0 Å². The number of fused-ring (bicyclic) bond motifs is 32. The summed E-state index contributed by atoms with van der Waals surface area (Å²) in [4.78, 5) is 12.8. The summed E-state index contributed by atoms with van der Waals surface area (Å²) in [5.74, 6) is 4.20. The van der Waals surface area contributed by atoms with Crippen molar-refractivity contribution in [2.45, 2.75) is 139 Å². The fourth-order valence-corrected chi connectivity index (χ4v) is 53.0. The number of rotatable bonds is 12. The van der Waals surface area contributed by atoms with Gasteiger partial charge in [-0.1, -0.05) is 144 Å². The average molecular weight is 2070 g/mol. The van der Waals surface area contributed by atoms with Crippen LogP contribution in [0, 0.1) is 0 Å². The molecule has 0 aliphatic carbocycles. The van der Waals surface area contributed by atoms with Gasteiger partial charge in [0.15, 0.2) is 0 Å². The third-order valence-electron chi connectivity index (χ3n) is 34.3. The van der Waals surface area contributed by atoms with Crippen molar-refractivity contribution in [3.63, 3.8) is 0 Å². The normalized spacial score (nSPS) is 14.9. The Morgan fingerprint density at radius 3 is 0.820 bits per heavy atom. The van der Waals surface area contributed by atoms with Crippen molar-refractivity contribution in [1.82, 2.24) is 0 Å². The second-order valence-electron chi connectivity index (χ2n) is 44.1. The molecular formula is C140H118B2Ge2N4OS. The van der Waals surface area contributed by atoms with Crippen molar-refractivity contribution in [3.05, 3.63) is 539 Å². The quantitative estimate of drug-likeness (QED) is 0.113. The fraction of sp³-hybridized carbons (Fsp3) is 0.143. The van der Waals surface area contributed by atoms with Crippen molar-refractivity contribution < 1.29 is 4.74 Å². The Balaban J connectivity index is 0.000000148. The summed E-state index contributed by atoms with van der Waals surface area (Å²) in [6.45, 7) is 28.4. The first kappa shape index (κ1) is 93.5. The monoisotopic (exact) mass is 2070 g/mol. The van der Waals surface area contributed by atoms with Gasteiger partial charge in [-0.3, -0.25) is 0 Å². The van der Waals surface area contributed by atoms with Gasteiger partial charge in [-0.05, 0) is 68.9 Å². The van der Waals surface area contributed by atoms with Crippen LogP contribution in [0.3, 0.4) is 0 Å². The van der Waals surface area contributed by atoms with E-state index < -0.39 is 37.4 Å². The van der Waals surface area contributed by atoms with Crippen LogP contribution in [-0.4, -0.2) is 40.0 Å². The molecule has 0 aromatic heterocycles. The molecule has 4 spiro atoms. The van der Waals surface area contributed by atoms with E-state index in [-0.39, 0.29) is 13.4 Å². The number of hydrogen-bond acceptors (Lipinski definition) is 6. The molecule has 20 aromatic carbocycles. The molecule has 0 amide bonds. The minimum absolute atomic E-state index is 0.0159. The zero-order chi connectivity index (χ0) is 101. The number of hydrogen-bond donors (Lipinski definition) is 0. The van der Waals surface area contributed by atoms with Crippen molar-refractivity contribution in [1.29, 1.82) is 0 Å². The summed E-state index contributed by atoms with van der Waals surface area (Å²) in [5.41, 5.74) is 40.8. The topological polar surface area (TPSA) is 22.2 Å². The van der Waals surface area contributed by atoms with E-state index in [0.29, 0.717) is 35.5 Å². The standard InChI is InChI=1S/C70H59BGeN2O.C70H59BGeN2S/c2*1-45(2)48-42-51(46(3)4)69(52(43-48)47(5)6)71-57-30-14-23-39-67(57)75-68-44-50(40-41-58(68)71)74-63-35-19-12-28-55(63)70(56-29-13-20-36-64(56)74)53-26-10-15-31-59(53)72(60-32-16-11-27-54(60)70)61-33-17-21-37-65(61)73(49-24-8-7-9-25-49)66-38-22-18-34-62(66)72/h2*7-47H,1-6H3. The maximum absolute atomic E-state index is 7.14. The summed E-state index contributed by atoms with van der Waals surface area (Å²) in [5, 5.41) is 0. The van der Waals surface area contributed by atoms with Gasteiger partial charge in [0, 0.05) is 0 Å². The molecule has 28 rings (SSSR count). The number of benzene rings is 20. The molecule has 0 saturated carbocycles. The minimum Gasteiger partial charge on any atom is -0.0587 e. The number of nitrogens with zero attached hydrogens (tertiary/aromatic N) is 4. The maximum Gasteiger partial charge on any atom is -0.0224 e. The average Bonchev–Trinajstić information content (AvgIpc) is 0.654. The molecular weight excluding hydrogens is 1950 g/mol. The molecule has 0 unspecified atom stereocenters. The van der Waals surface area contributed by atoms with Crippen molar-refractivity contribution in [2.75, 3.05) is 19.6 Å². The second kappa shape index (κ2) is 36.4. The second-order valence-corrected chi connectivity index (χ2v) is 60.5. The minimum atomic E-state index is -3.89. The molecule has 0 atom stereocenters. The molecule has 10 heteroatoms. The summed E-state index contributed by atoms with van der Waals surface area (Å²) < 4.78 is 19.0. The molecule has 150 heavy (non-hydrogen) atoms. The smallest absolute Gasteiger partial charge is 0.0224 e. The van der Waals surface area contributed by atoms with Gasteiger partial charge in [0.05, 0.1) is 0 Å². The van der Waals surface area contributed by atoms with E-state index >= 15 is 0 Å². The zero-order valence-corrected chi connectivity index (χ0v) is 92.1. The maximum atomic E-state index is 7.14. The molecule has 0 radical (unpaired) electrons. The van der Waals surface area contributed by atoms with E-state index in [9.17, 15) is 0 Å². The third kappa shape index (κ3) is 13.6. The molecule has 8 aliphatic rings. The zero-order valence-electron chi connectivity index (χ0n) is 87.1. The Morgan fingerprint density at radius 1 is 0.207 bits per heavy atom. The van der Waals surface area contributed by atoms with Crippen LogP contribution in [0.25, 0.3) is 0 Å². The van der Waals surface area contributed by atoms with Crippen molar-refractivity contribution in [3.8, 4) is 11.5 Å². The molecule has 8 heterocycles. The first-order valence-electron chi connectivity index (χ1n) is 54.1. The van der Waals surface area contributed by atoms with Gasteiger partial charge in [-0.25, -0.2) is 0 Å². The number of para-hydroxylation sites is 11. The SMILES string of the molecule is CC(C)c1cc(C(C)C)c(B2c3ccccc3Oc3cc(N4c5ccccc5C5(c6ccccc64)c4cccc[c]4[Ge]4([c]6ccccc6N(c6ccccc6)c6cccc[c]64)[c]4ccccc45)ccc32)c(C(C)C)c1.CC(C)c1cc(C(C)C)c(B2c3ccccc3Sc3cc(N4c5ccccc5C5(c6ccccc64)c4cccc[c]4[Ge]4([c]6ccccc6N(c6ccccc6)c6cccc[c]64)[c]4ccccc45)ccc32)c(C(C)C)c1. The first-order chi connectivity index (χ1) is 73.4. The molecule has 0 bridgehead atoms. The van der Waals surface area contributed by atoms with Crippen LogP contribution in [-0.2, 0) is 10.8 Å². The van der Waals surface area contributed by atoms with Crippen LogP contribution in [0.4, 0.5) is 68.2 Å². The van der Waals surface area contributed by atoms with Crippen molar-refractivity contribution in [2.24, 2.45) is 0 Å². The van der Waals surface area contributed by atoms with Crippen molar-refractivity contribution >= 4 is 188 Å². The van der Waals surface area contributed by atoms with E-state index in [1.807, 2.05) is 11.8 Å². The number of ether oxygens (including phenoxy) is 1. The molecule has 8 aliphatic heterocycles. The predicted octanol–water partition coefficient (Wildman–Crippen LogP) is 27.0. The Morgan fingerprint density at radius 2 is 0.467 bits per heavy atom. The van der Waals surface area contributed by atoms with Crippen LogP contribution in [0.5, 0.6) is 11.5 Å². The van der Waals surface area contributed by atoms with Gasteiger partial charge in [0.1, 0.15) is 0 Å². The molecule has 5 nitrogen and oxygen atoms in total. The summed E-state index contributed by atoms with van der Waals surface area (Å²) in [7, 11) is 0. The fourth-order valence-electron chi connectivity index (χ4n) is 28.2. The van der Waals surface area contributed by atoms with E-state index in [1.54, 1.807) is 0 Å². The molecule has 0 N–H and O–H groups in total. The van der Waals surface area contributed by atoms with E-state index in [4.69, 9.17) is 4.74 Å². The van der Waals surface area contributed by atoms with Gasteiger partial charge in [0.25, 0.3) is 0 Å². The molecule has 20 aromatic rings. The van der Waals surface area contributed by atoms with Crippen LogP contribution in [0.15, 0.2) is 471 Å². The summed E-state index contributed by atoms with van der Waals surface area (Å²) >= 11 is -5.82. The predicted molar refractivity (Wildman–Crippen MR) is 641 cm³/mol. The largest absolute Gasteiger partial charge is 0.0587 e. The van der Waals surface area contributed by atoms with E-state index in [2.05, 4.69) is 564 Å². The van der Waals surface area contributed by atoms with Gasteiger partial charge >= 0.3 is 689 Å². The Bertz CT molecular complexity index is 7990. The number of anilines is 12. The molecule has 0 saturated heterocycles. The van der Waals surface area contributed by atoms with Crippen LogP contribution >= 0.6 is 11.8 Å². The molecule has 0 fully saturated rings. The van der Waals surface area contributed by atoms with Crippen LogP contribution < -0.4 is 92.3 Å². The Labute approximate surface area is 894 Å². The third-order valence-corrected chi connectivity index (χ3v) is 56.3. The first-order valence-corrected chi connectivity index (χ1v) is 63.3. The van der Waals surface area contributed by atoms with Gasteiger partial charge < -0.3 is 0 Å². The van der Waals surface area contributed by atoms with Gasteiger partial charge in [0.2, 0.25) is 0 Å². The molecule has 724 valence electrons. The summed E-state index contributed by atoms with van der Waals surface area (Å²) in [6, 6.07) is 177. The van der Waals surface area contributed by atoms with E-state index in [0.717, 1.165) is 17.2 Å². The Hall–Kier alpha value is -15.0. The summed E-state index contributed by atoms with van der Waals surface area (Å²) in [6.07, 6.45) is 0. The van der Waals surface area contributed by atoms with Crippen LogP contribution in [0.1, 0.15) is 196 Å².